The zero-order chi connectivity index (χ0) is 9.94. The van der Waals surface area contributed by atoms with E-state index in [1.165, 1.54) is 0 Å². The molecule has 5 heteroatoms. The summed E-state index contributed by atoms with van der Waals surface area (Å²) in [7, 11) is 4.73. The van der Waals surface area contributed by atoms with Gasteiger partial charge in [-0.15, -0.1) is 0 Å². The number of carbonyl (C=O) groups excluding carboxylic acids is 1. The number of rotatable bonds is 3. The number of aliphatic carboxylic acids is 1. The van der Waals surface area contributed by atoms with Crippen LogP contribution in [-0.2, 0) is 9.59 Å². The maximum absolute atomic E-state index is 11.2. The smallest absolute Gasteiger partial charge is 0.342 e. The molecule has 1 amide bonds. The molecule has 0 bridgehead atoms. The van der Waals surface area contributed by atoms with E-state index in [9.17, 15) is 9.59 Å². The van der Waals surface area contributed by atoms with Crippen molar-refractivity contribution in [2.75, 3.05) is 21.1 Å². The molecule has 0 aromatic heterocycles. The predicted octanol–water partition coefficient (Wildman–Crippen LogP) is -0.945. The topological polar surface area (TPSA) is 74.6 Å². The number of aliphatic hydroxyl groups excluding tert-OH is 1. The minimum Gasteiger partial charge on any atom is -0.481 e. The fraction of sp³-hybridized carbons (Fsp3) is 0.714. The van der Waals surface area contributed by atoms with Crippen molar-refractivity contribution in [2.45, 2.75) is 12.5 Å². The molecule has 0 aromatic carbocycles. The third-order valence-corrected chi connectivity index (χ3v) is 1.31. The standard InChI is InChI=1S/C7H13NO4/c1-8(2,3)7(12)5(9)4-6(10)11/h5,9H,4H2,1-3H3/p+1. The van der Waals surface area contributed by atoms with Gasteiger partial charge in [0.15, 0.2) is 6.10 Å². The molecule has 5 nitrogen and oxygen atoms in total. The first kappa shape index (κ1) is 11.1. The monoisotopic (exact) mass is 176 g/mol. The highest BCUT2D eigenvalue weighted by atomic mass is 16.4. The van der Waals surface area contributed by atoms with Gasteiger partial charge in [-0.2, -0.15) is 0 Å². The summed E-state index contributed by atoms with van der Waals surface area (Å²) in [6.07, 6.45) is -1.95. The van der Waals surface area contributed by atoms with Gasteiger partial charge in [0.2, 0.25) is 0 Å². The van der Waals surface area contributed by atoms with Crippen molar-refractivity contribution in [1.82, 2.24) is 0 Å². The second kappa shape index (κ2) is 3.64. The first-order valence-electron chi connectivity index (χ1n) is 3.51. The summed E-state index contributed by atoms with van der Waals surface area (Å²) in [6, 6.07) is 0. The number of aliphatic hydroxyl groups is 1. The van der Waals surface area contributed by atoms with Crippen molar-refractivity contribution < 1.29 is 24.3 Å². The van der Waals surface area contributed by atoms with E-state index >= 15 is 0 Å². The molecule has 0 aliphatic carbocycles. The lowest BCUT2D eigenvalue weighted by Crippen LogP contribution is -2.48. The minimum atomic E-state index is -1.41. The van der Waals surface area contributed by atoms with E-state index in [1.54, 1.807) is 21.1 Å². The first-order valence-corrected chi connectivity index (χ1v) is 3.51. The van der Waals surface area contributed by atoms with Crippen LogP contribution in [0.15, 0.2) is 0 Å². The molecule has 1 unspecified atom stereocenters. The van der Waals surface area contributed by atoms with E-state index in [1.807, 2.05) is 0 Å². The normalized spacial score (nSPS) is 14.0. The van der Waals surface area contributed by atoms with Crippen LogP contribution in [0.2, 0.25) is 0 Å². The van der Waals surface area contributed by atoms with Gasteiger partial charge < -0.3 is 10.2 Å². The number of likely N-dealkylation sites (N-methyl/N-ethyl adjacent to an activating group) is 1. The number of hydrogen-bond donors (Lipinski definition) is 2. The number of hydrogen-bond acceptors (Lipinski definition) is 3. The second-order valence-corrected chi connectivity index (χ2v) is 3.46. The molecule has 0 rings (SSSR count). The number of nitrogens with zero attached hydrogens (tertiary/aromatic N) is 1. The average molecular weight is 176 g/mol. The van der Waals surface area contributed by atoms with E-state index in [0.29, 0.717) is 0 Å². The Balaban J connectivity index is 4.21. The molecule has 0 aliphatic rings. The number of carboxylic acid groups (broad SMARTS) is 1. The molecule has 0 spiro atoms. The molecule has 0 saturated heterocycles. The summed E-state index contributed by atoms with van der Waals surface area (Å²) in [4.78, 5) is 21.3. The predicted molar refractivity (Wildman–Crippen MR) is 41.3 cm³/mol. The minimum absolute atomic E-state index is 0.0750. The maximum atomic E-state index is 11.2. The Morgan fingerprint density at radius 2 is 1.75 bits per heavy atom. The molecule has 70 valence electrons. The van der Waals surface area contributed by atoms with Crippen LogP contribution >= 0.6 is 0 Å². The number of quaternary nitrogens is 1. The van der Waals surface area contributed by atoms with Crippen molar-refractivity contribution >= 4 is 11.9 Å². The van der Waals surface area contributed by atoms with Crippen LogP contribution in [-0.4, -0.2) is 53.8 Å². The van der Waals surface area contributed by atoms with Crippen molar-refractivity contribution in [3.05, 3.63) is 0 Å². The molecular weight excluding hydrogens is 162 g/mol. The van der Waals surface area contributed by atoms with Gasteiger partial charge in [-0.1, -0.05) is 0 Å². The fourth-order valence-electron chi connectivity index (χ4n) is 0.700. The fourth-order valence-corrected chi connectivity index (χ4v) is 0.700. The highest BCUT2D eigenvalue weighted by Crippen LogP contribution is 2.01. The van der Waals surface area contributed by atoms with Crippen LogP contribution in [0, 0.1) is 0 Å². The lowest BCUT2D eigenvalue weighted by atomic mass is 10.2. The van der Waals surface area contributed by atoms with Gasteiger partial charge in [0.1, 0.15) is 0 Å². The Morgan fingerprint density at radius 1 is 1.33 bits per heavy atom. The van der Waals surface area contributed by atoms with Gasteiger partial charge in [0, 0.05) is 0 Å². The zero-order valence-electron chi connectivity index (χ0n) is 7.44. The van der Waals surface area contributed by atoms with Gasteiger partial charge in [-0.25, -0.2) is 4.79 Å². The summed E-state index contributed by atoms with van der Waals surface area (Å²) in [5.41, 5.74) is 0. The van der Waals surface area contributed by atoms with Crippen LogP contribution in [0.3, 0.4) is 0 Å². The summed E-state index contributed by atoms with van der Waals surface area (Å²) in [5, 5.41) is 17.4. The summed E-state index contributed by atoms with van der Waals surface area (Å²) < 4.78 is -0.0750. The molecule has 0 heterocycles. The SMILES string of the molecule is C[N+](C)(C)C(=O)C(O)CC(=O)O. The van der Waals surface area contributed by atoms with Crippen molar-refractivity contribution in [1.29, 1.82) is 0 Å². The summed E-state index contributed by atoms with van der Waals surface area (Å²) in [6.45, 7) is 0. The molecular formula is C7H14NO4+. The molecule has 12 heavy (non-hydrogen) atoms. The zero-order valence-corrected chi connectivity index (χ0v) is 7.44. The quantitative estimate of drug-likeness (QED) is 0.544. The van der Waals surface area contributed by atoms with Crippen LogP contribution in [0.25, 0.3) is 0 Å². The van der Waals surface area contributed by atoms with E-state index < -0.39 is 24.4 Å². The van der Waals surface area contributed by atoms with Gasteiger partial charge in [-0.3, -0.25) is 9.28 Å². The van der Waals surface area contributed by atoms with Crippen LogP contribution in [0.5, 0.6) is 0 Å². The summed E-state index contributed by atoms with van der Waals surface area (Å²) >= 11 is 0. The Morgan fingerprint density at radius 3 is 2.00 bits per heavy atom. The van der Waals surface area contributed by atoms with Gasteiger partial charge in [0.25, 0.3) is 0 Å². The maximum Gasteiger partial charge on any atom is 0.342 e. The van der Waals surface area contributed by atoms with E-state index in [-0.39, 0.29) is 4.48 Å². The van der Waals surface area contributed by atoms with Crippen molar-refractivity contribution in [3.8, 4) is 0 Å². The first-order chi connectivity index (χ1) is 5.25. The third kappa shape index (κ3) is 3.45. The van der Waals surface area contributed by atoms with Gasteiger partial charge in [0.05, 0.1) is 27.6 Å². The number of carboxylic acids is 1. The van der Waals surface area contributed by atoms with Gasteiger partial charge in [-0.05, 0) is 0 Å². The van der Waals surface area contributed by atoms with Crippen LogP contribution in [0.1, 0.15) is 6.42 Å². The largest absolute Gasteiger partial charge is 0.481 e. The molecule has 0 saturated carbocycles. The van der Waals surface area contributed by atoms with E-state index in [4.69, 9.17) is 10.2 Å². The number of amides is 1. The molecule has 0 radical (unpaired) electrons. The lowest BCUT2D eigenvalue weighted by molar-refractivity contribution is -0.794. The van der Waals surface area contributed by atoms with E-state index in [0.717, 1.165) is 0 Å². The summed E-state index contributed by atoms with van der Waals surface area (Å²) in [5.74, 6) is -1.68. The Labute approximate surface area is 70.8 Å². The Bertz CT molecular complexity index is 194. The Kier molecular flexibility index (Phi) is 3.36. The molecule has 0 aliphatic heterocycles. The number of carbonyl (C=O) groups is 2. The molecule has 0 aromatic rings. The van der Waals surface area contributed by atoms with Crippen molar-refractivity contribution in [3.63, 3.8) is 0 Å². The molecule has 2 N–H and O–H groups in total. The van der Waals surface area contributed by atoms with Crippen molar-refractivity contribution in [2.24, 2.45) is 0 Å². The highest BCUT2D eigenvalue weighted by molar-refractivity contribution is 5.80. The van der Waals surface area contributed by atoms with Crippen LogP contribution in [0.4, 0.5) is 0 Å². The van der Waals surface area contributed by atoms with Crippen LogP contribution < -0.4 is 0 Å². The Hall–Kier alpha value is -0.940. The average Bonchev–Trinajstić information content (AvgIpc) is 1.82. The van der Waals surface area contributed by atoms with E-state index in [2.05, 4.69) is 0 Å². The molecule has 0 fully saturated rings. The highest BCUT2D eigenvalue weighted by Gasteiger charge is 2.30. The lowest BCUT2D eigenvalue weighted by Gasteiger charge is -2.22. The van der Waals surface area contributed by atoms with Gasteiger partial charge >= 0.3 is 11.9 Å². The third-order valence-electron chi connectivity index (χ3n) is 1.31. The molecule has 1 atom stereocenters. The second-order valence-electron chi connectivity index (χ2n) is 3.46.